The number of carbonyl (C=O) groups excluding carboxylic acids is 3. The van der Waals surface area contributed by atoms with E-state index in [0.717, 1.165) is 5.56 Å². The zero-order valence-electron chi connectivity index (χ0n) is 43.9. The number of esters is 1. The molecule has 1 aromatic heterocycles. The number of phenols is 1. The highest BCUT2D eigenvalue weighted by Gasteiger charge is 2.49. The predicted molar refractivity (Wildman–Crippen MR) is 283 cm³/mol. The minimum atomic E-state index is -3.38. The molecule has 2 aliphatic heterocycles. The summed E-state index contributed by atoms with van der Waals surface area (Å²) in [4.78, 5) is 61.0. The van der Waals surface area contributed by atoms with Crippen molar-refractivity contribution in [1.29, 1.82) is 0 Å². The Morgan fingerprint density at radius 3 is 2.33 bits per heavy atom. The molecule has 3 heterocycles. The first-order chi connectivity index (χ1) is 35.5. The molecule has 4 bridgehead atoms. The lowest BCUT2D eigenvalue weighted by molar-refractivity contribution is -0.160. The SMILES string of the molecule is CO[C@H]1/C=C/O[C@@]2(C)Oc3c(C)c(=O)c4c(O)c(c5oc6cc(OCCNCCCCS(=O)(=O)c7ccc(C)cc7)ccc6nc5c4c3C2=O)NC(=O)/C(C)=C\C=C\[C@H](C)[C@H](O)[C@@H](C)[C@@H](O)[C@@H](C)[C@H](OC(C)=O)[C@@H]1C. The van der Waals surface area contributed by atoms with Gasteiger partial charge in [0, 0.05) is 73.8 Å². The van der Waals surface area contributed by atoms with Crippen LogP contribution in [-0.2, 0) is 33.6 Å². The highest BCUT2D eigenvalue weighted by atomic mass is 32.2. The Morgan fingerprint density at radius 1 is 0.920 bits per heavy atom. The first kappa shape index (κ1) is 56.1. The molecule has 4 aromatic carbocycles. The van der Waals surface area contributed by atoms with E-state index in [4.69, 9.17) is 33.1 Å². The topological polar surface area (TPSA) is 259 Å². The zero-order chi connectivity index (χ0) is 54.7. The molecule has 0 saturated heterocycles. The molecule has 0 aliphatic carbocycles. The Balaban J connectivity index is 1.25. The van der Waals surface area contributed by atoms with Gasteiger partial charge in [0.15, 0.2) is 32.2 Å². The monoisotopic (exact) mass is 1050 g/mol. The van der Waals surface area contributed by atoms with Crippen LogP contribution >= 0.6 is 0 Å². The van der Waals surface area contributed by atoms with Gasteiger partial charge in [-0.25, -0.2) is 13.4 Å². The fraction of sp³-hybridized carbons (Fsp3) is 0.446. The fourth-order valence-electron chi connectivity index (χ4n) is 9.65. The molecule has 9 atom stereocenters. The van der Waals surface area contributed by atoms with Gasteiger partial charge in [0.2, 0.25) is 0 Å². The summed E-state index contributed by atoms with van der Waals surface area (Å²) >= 11 is 0. The Morgan fingerprint density at radius 2 is 1.64 bits per heavy atom. The normalized spacial score (nSPS) is 26.4. The van der Waals surface area contributed by atoms with Crippen LogP contribution in [0, 0.1) is 37.5 Å². The molecular formula is C56H67N3O15S. The molecule has 0 spiro atoms. The third-order valence-electron chi connectivity index (χ3n) is 14.2. The number of rotatable bonds is 12. The summed E-state index contributed by atoms with van der Waals surface area (Å²) in [6.45, 7) is 15.6. The Hall–Kier alpha value is -6.64. The molecule has 5 aromatic rings. The van der Waals surface area contributed by atoms with E-state index < -0.39 is 92.5 Å². The summed E-state index contributed by atoms with van der Waals surface area (Å²) in [5.74, 6) is -7.11. The number of sulfone groups is 1. The minimum absolute atomic E-state index is 0.0356. The second-order valence-corrected chi connectivity index (χ2v) is 21.9. The summed E-state index contributed by atoms with van der Waals surface area (Å²) in [6.07, 6.45) is 4.55. The average molecular weight is 1050 g/mol. The molecule has 0 radical (unpaired) electrons. The van der Waals surface area contributed by atoms with Gasteiger partial charge in [-0.1, -0.05) is 63.6 Å². The molecule has 75 heavy (non-hydrogen) atoms. The molecule has 0 fully saturated rings. The minimum Gasteiger partial charge on any atom is -0.505 e. The van der Waals surface area contributed by atoms with Gasteiger partial charge in [-0.15, -0.1) is 0 Å². The van der Waals surface area contributed by atoms with Crippen LogP contribution in [0.5, 0.6) is 17.2 Å². The van der Waals surface area contributed by atoms with Crippen LogP contribution in [0.25, 0.3) is 33.0 Å². The van der Waals surface area contributed by atoms with Crippen LogP contribution in [-0.4, -0.2) is 109 Å². The summed E-state index contributed by atoms with van der Waals surface area (Å²) in [5.41, 5.74) is 0.114. The van der Waals surface area contributed by atoms with Crippen molar-refractivity contribution in [3.63, 3.8) is 0 Å². The number of fused-ring (bicyclic) bond motifs is 2. The molecule has 2 aliphatic rings. The van der Waals surface area contributed by atoms with Gasteiger partial charge in [0.1, 0.15) is 40.9 Å². The number of amides is 1. The number of aromatic nitrogens is 1. The maximum atomic E-state index is 14.8. The lowest BCUT2D eigenvalue weighted by atomic mass is 9.78. The maximum Gasteiger partial charge on any atom is 0.312 e. The van der Waals surface area contributed by atoms with Gasteiger partial charge in [0.05, 0.1) is 46.2 Å². The number of methoxy groups -OCH3 is 1. The van der Waals surface area contributed by atoms with Crippen molar-refractivity contribution in [3.8, 4) is 17.2 Å². The van der Waals surface area contributed by atoms with Gasteiger partial charge >= 0.3 is 11.8 Å². The van der Waals surface area contributed by atoms with Crippen molar-refractivity contribution in [2.75, 3.05) is 37.9 Å². The molecule has 19 heteroatoms. The molecule has 7 rings (SSSR count). The molecular weight excluding hydrogens is 987 g/mol. The Bertz CT molecular complexity index is 3260. The number of unbranched alkanes of at least 4 members (excludes halogenated alkanes) is 1. The number of aliphatic hydroxyl groups excluding tert-OH is 2. The largest absolute Gasteiger partial charge is 0.505 e. The standard InChI is InChI=1S/C56H67N3O15S/c1-29-16-19-38(20-17-29)75(67,68)27-12-11-23-57-24-26-70-37-18-21-39-41(28-37)73-53-45(58-39)42-43-49(63)35(7)52-44(42)54(65)56(9,74-52)71-25-22-40(69-10)32(4)51(72-36(8)60)34(6)48(62)33(5)47(61)30(2)14-13-15-31(3)55(66)59-46(53)50(43)64/h13-22,25,28,30,32-34,40,47-48,51,57,61-62,64H,11-12,23-24,26-27H2,1-10H3,(H,59,66)/b14-13+,25-22+,31-15-/t30-,32+,33+,34+,40-,47-,48+,51+,56-/m0/s1. The first-order valence-electron chi connectivity index (χ1n) is 25.0. The molecule has 5 N–H and O–H groups in total. The number of phenolic OH excluding ortho intramolecular Hbond substituents is 1. The third-order valence-corrected chi connectivity index (χ3v) is 16.1. The summed E-state index contributed by atoms with van der Waals surface area (Å²) in [5, 5.41) is 40.8. The van der Waals surface area contributed by atoms with Crippen molar-refractivity contribution < 1.29 is 66.2 Å². The Kier molecular flexibility index (Phi) is 17.3. The zero-order valence-corrected chi connectivity index (χ0v) is 44.7. The number of Topliss-reactive ketones (excluding diaryl/α,β-unsaturated/α-hetero) is 1. The van der Waals surface area contributed by atoms with E-state index in [-0.39, 0.29) is 73.5 Å². The summed E-state index contributed by atoms with van der Waals surface area (Å²) < 4.78 is 61.9. The lowest BCUT2D eigenvalue weighted by Gasteiger charge is -2.38. The molecule has 1 amide bonds. The number of allylic oxidation sites excluding steroid dienone is 2. The van der Waals surface area contributed by atoms with Gasteiger partial charge in [-0.3, -0.25) is 19.2 Å². The highest BCUT2D eigenvalue weighted by molar-refractivity contribution is 7.91. The van der Waals surface area contributed by atoms with Crippen LogP contribution < -0.4 is 25.5 Å². The van der Waals surface area contributed by atoms with Gasteiger partial charge < -0.3 is 54.1 Å². The van der Waals surface area contributed by atoms with Crippen LogP contribution in [0.4, 0.5) is 5.69 Å². The number of aryl methyl sites for hydroxylation is 1. The quantitative estimate of drug-likeness (QED) is 0.0266. The molecule has 0 saturated carbocycles. The van der Waals surface area contributed by atoms with Gasteiger partial charge in [-0.2, -0.15) is 0 Å². The fourth-order valence-corrected chi connectivity index (χ4v) is 11.0. The van der Waals surface area contributed by atoms with E-state index in [2.05, 4.69) is 10.6 Å². The van der Waals surface area contributed by atoms with Gasteiger partial charge in [-0.05, 0) is 70.5 Å². The second-order valence-electron chi connectivity index (χ2n) is 19.8. The van der Waals surface area contributed by atoms with Crippen LogP contribution in [0.15, 0.2) is 92.7 Å². The smallest absolute Gasteiger partial charge is 0.312 e. The number of nitrogens with zero attached hydrogens (tertiary/aromatic N) is 1. The number of hydrogen-bond donors (Lipinski definition) is 5. The van der Waals surface area contributed by atoms with E-state index in [9.17, 15) is 42.9 Å². The van der Waals surface area contributed by atoms with Crippen molar-refractivity contribution in [2.24, 2.45) is 23.7 Å². The summed E-state index contributed by atoms with van der Waals surface area (Å²) in [6, 6.07) is 11.7. The number of ketones is 1. The summed E-state index contributed by atoms with van der Waals surface area (Å²) in [7, 11) is -1.95. The number of carbonyl (C=O) groups is 3. The lowest BCUT2D eigenvalue weighted by Crippen LogP contribution is -2.46. The molecule has 0 unspecified atom stereocenters. The first-order valence-corrected chi connectivity index (χ1v) is 26.7. The van der Waals surface area contributed by atoms with Crippen molar-refractivity contribution in [1.82, 2.24) is 10.3 Å². The molecule has 402 valence electrons. The number of benzene rings is 4. The van der Waals surface area contributed by atoms with E-state index in [1.807, 2.05) is 6.92 Å². The number of aromatic hydroxyl groups is 1. The van der Waals surface area contributed by atoms with Crippen molar-refractivity contribution in [2.45, 2.75) is 110 Å². The number of ether oxygens (including phenoxy) is 5. The Labute approximate surface area is 435 Å². The number of hydrogen-bond acceptors (Lipinski definition) is 17. The number of anilines is 1. The van der Waals surface area contributed by atoms with Crippen molar-refractivity contribution in [3.05, 3.63) is 106 Å². The van der Waals surface area contributed by atoms with Crippen LogP contribution in [0.1, 0.15) is 82.8 Å². The van der Waals surface area contributed by atoms with E-state index in [1.54, 1.807) is 82.3 Å². The number of aliphatic hydroxyl groups is 2. The average Bonchev–Trinajstić information content (AvgIpc) is 3.64. The third kappa shape index (κ3) is 11.8. The number of nitrogens with one attached hydrogen (secondary N) is 2. The highest BCUT2D eigenvalue weighted by Crippen LogP contribution is 2.48. The van der Waals surface area contributed by atoms with Crippen molar-refractivity contribution >= 4 is 66.2 Å². The predicted octanol–water partition coefficient (Wildman–Crippen LogP) is 7.53. The van der Waals surface area contributed by atoms with Gasteiger partial charge in [0.25, 0.3) is 11.7 Å². The van der Waals surface area contributed by atoms with E-state index in [1.165, 1.54) is 53.2 Å². The second kappa shape index (κ2) is 23.1. The van der Waals surface area contributed by atoms with Crippen LogP contribution in [0.2, 0.25) is 0 Å². The maximum absolute atomic E-state index is 14.8. The van der Waals surface area contributed by atoms with Crippen LogP contribution in [0.3, 0.4) is 0 Å². The van der Waals surface area contributed by atoms with E-state index in [0.29, 0.717) is 36.6 Å². The van der Waals surface area contributed by atoms with E-state index >= 15 is 0 Å². The molecule has 18 nitrogen and oxygen atoms in total.